The predicted octanol–water partition coefficient (Wildman–Crippen LogP) is 1.39. The summed E-state index contributed by atoms with van der Waals surface area (Å²) in [5.41, 5.74) is -0.133. The van der Waals surface area contributed by atoms with Crippen molar-refractivity contribution in [2.75, 3.05) is 0 Å². The summed E-state index contributed by atoms with van der Waals surface area (Å²) >= 11 is 0. The van der Waals surface area contributed by atoms with E-state index >= 15 is 0 Å². The zero-order valence-electron chi connectivity index (χ0n) is 10.4. The van der Waals surface area contributed by atoms with Gasteiger partial charge in [0.2, 0.25) is 10.0 Å². The first-order valence-electron chi connectivity index (χ1n) is 6.20. The quantitative estimate of drug-likeness (QED) is 0.871. The molecule has 2 N–H and O–H groups in total. The van der Waals surface area contributed by atoms with E-state index in [9.17, 15) is 13.2 Å². The van der Waals surface area contributed by atoms with Gasteiger partial charge in [0.05, 0.1) is 5.56 Å². The van der Waals surface area contributed by atoms with Crippen LogP contribution < -0.4 is 4.72 Å². The number of pyridine rings is 1. The second kappa shape index (κ2) is 5.66. The first-order valence-corrected chi connectivity index (χ1v) is 7.68. The predicted molar refractivity (Wildman–Crippen MR) is 68.4 cm³/mol. The smallest absolute Gasteiger partial charge is 0.337 e. The minimum atomic E-state index is -3.69. The van der Waals surface area contributed by atoms with E-state index in [4.69, 9.17) is 5.11 Å². The van der Waals surface area contributed by atoms with E-state index in [-0.39, 0.29) is 16.5 Å². The molecule has 2 rings (SSSR count). The van der Waals surface area contributed by atoms with Gasteiger partial charge < -0.3 is 5.11 Å². The summed E-state index contributed by atoms with van der Waals surface area (Å²) in [6, 6.07) is 1.06. The molecule has 0 bridgehead atoms. The number of nitrogens with zero attached hydrogens (tertiary/aromatic N) is 1. The topological polar surface area (TPSA) is 96.4 Å². The highest BCUT2D eigenvalue weighted by Gasteiger charge is 2.22. The lowest BCUT2D eigenvalue weighted by molar-refractivity contribution is 0.0696. The van der Waals surface area contributed by atoms with Crippen LogP contribution in [0.15, 0.2) is 23.4 Å². The van der Waals surface area contributed by atoms with Gasteiger partial charge in [-0.2, -0.15) is 0 Å². The Kier molecular flexibility index (Phi) is 4.16. The normalized spacial score (nSPS) is 17.3. The average Bonchev–Trinajstić information content (AvgIpc) is 2.39. The second-order valence-electron chi connectivity index (χ2n) is 4.67. The van der Waals surface area contributed by atoms with E-state index < -0.39 is 16.0 Å². The molecule has 1 fully saturated rings. The van der Waals surface area contributed by atoms with Crippen LogP contribution in [0.25, 0.3) is 0 Å². The summed E-state index contributed by atoms with van der Waals surface area (Å²) in [6.45, 7) is 0. The number of rotatable bonds is 4. The van der Waals surface area contributed by atoms with Crippen LogP contribution in [0.1, 0.15) is 42.5 Å². The Labute approximate surface area is 111 Å². The largest absolute Gasteiger partial charge is 0.478 e. The number of carbonyl (C=O) groups is 1. The molecule has 1 aromatic rings. The fourth-order valence-corrected chi connectivity index (χ4v) is 3.48. The number of hydrogen-bond donors (Lipinski definition) is 2. The molecule has 0 spiro atoms. The van der Waals surface area contributed by atoms with Crippen LogP contribution in [-0.4, -0.2) is 30.5 Å². The number of aromatic nitrogens is 1. The number of carboxylic acid groups (broad SMARTS) is 1. The van der Waals surface area contributed by atoms with Crippen molar-refractivity contribution in [1.82, 2.24) is 9.71 Å². The Hall–Kier alpha value is -1.47. The van der Waals surface area contributed by atoms with Gasteiger partial charge in [-0.25, -0.2) is 17.9 Å². The van der Waals surface area contributed by atoms with E-state index in [0.717, 1.165) is 50.6 Å². The minimum absolute atomic E-state index is 0.0627. The maximum absolute atomic E-state index is 12.1. The molecule has 1 saturated carbocycles. The molecule has 0 aromatic carbocycles. The second-order valence-corrected chi connectivity index (χ2v) is 6.38. The summed E-state index contributed by atoms with van der Waals surface area (Å²) in [5, 5.41) is 8.84. The van der Waals surface area contributed by atoms with E-state index in [2.05, 4.69) is 9.71 Å². The van der Waals surface area contributed by atoms with Gasteiger partial charge in [-0.05, 0) is 18.9 Å². The molecule has 0 unspecified atom stereocenters. The summed E-state index contributed by atoms with van der Waals surface area (Å²) in [5.74, 6) is -1.19. The monoisotopic (exact) mass is 284 g/mol. The molecule has 6 nitrogen and oxygen atoms in total. The van der Waals surface area contributed by atoms with Crippen molar-refractivity contribution in [1.29, 1.82) is 0 Å². The standard InChI is InChI=1S/C12H16N2O4S/c15-12(16)9-6-11(8-13-7-9)19(17,18)14-10-4-2-1-3-5-10/h6-8,10,14H,1-5H2,(H,15,16). The maximum atomic E-state index is 12.1. The highest BCUT2D eigenvalue weighted by Crippen LogP contribution is 2.20. The van der Waals surface area contributed by atoms with Crippen LogP contribution >= 0.6 is 0 Å². The van der Waals surface area contributed by atoms with Gasteiger partial charge in [0.25, 0.3) is 0 Å². The van der Waals surface area contributed by atoms with Gasteiger partial charge in [-0.1, -0.05) is 19.3 Å². The summed E-state index contributed by atoms with van der Waals surface area (Å²) < 4.78 is 26.9. The molecule has 104 valence electrons. The molecule has 19 heavy (non-hydrogen) atoms. The van der Waals surface area contributed by atoms with Crippen molar-refractivity contribution in [2.24, 2.45) is 0 Å². The Morgan fingerprint density at radius 2 is 1.95 bits per heavy atom. The first kappa shape index (κ1) is 14.0. The molecule has 1 aromatic heterocycles. The SMILES string of the molecule is O=C(O)c1cncc(S(=O)(=O)NC2CCCCC2)c1. The molecular weight excluding hydrogens is 268 g/mol. The van der Waals surface area contributed by atoms with E-state index in [1.165, 1.54) is 0 Å². The zero-order valence-corrected chi connectivity index (χ0v) is 11.2. The Balaban J connectivity index is 2.18. The van der Waals surface area contributed by atoms with Crippen molar-refractivity contribution >= 4 is 16.0 Å². The van der Waals surface area contributed by atoms with Gasteiger partial charge in [0, 0.05) is 18.4 Å². The highest BCUT2D eigenvalue weighted by molar-refractivity contribution is 7.89. The third-order valence-corrected chi connectivity index (χ3v) is 4.68. The van der Waals surface area contributed by atoms with Crippen LogP contribution in [0.2, 0.25) is 0 Å². The van der Waals surface area contributed by atoms with E-state index in [1.54, 1.807) is 0 Å². The summed E-state index contributed by atoms with van der Waals surface area (Å²) in [7, 11) is -3.69. The highest BCUT2D eigenvalue weighted by atomic mass is 32.2. The number of carboxylic acids is 1. The molecule has 0 aliphatic heterocycles. The zero-order chi connectivity index (χ0) is 13.9. The van der Waals surface area contributed by atoms with Crippen molar-refractivity contribution in [2.45, 2.75) is 43.0 Å². The van der Waals surface area contributed by atoms with Gasteiger partial charge >= 0.3 is 5.97 Å². The fourth-order valence-electron chi connectivity index (χ4n) is 2.19. The Morgan fingerprint density at radius 1 is 1.26 bits per heavy atom. The lowest BCUT2D eigenvalue weighted by Crippen LogP contribution is -2.36. The fraction of sp³-hybridized carbons (Fsp3) is 0.500. The van der Waals surface area contributed by atoms with Crippen molar-refractivity contribution in [3.8, 4) is 0 Å². The molecule has 7 heteroatoms. The third kappa shape index (κ3) is 3.51. The molecule has 0 radical (unpaired) electrons. The lowest BCUT2D eigenvalue weighted by atomic mass is 9.96. The number of hydrogen-bond acceptors (Lipinski definition) is 4. The van der Waals surface area contributed by atoms with Crippen LogP contribution in [0.3, 0.4) is 0 Å². The van der Waals surface area contributed by atoms with Crippen LogP contribution in [0, 0.1) is 0 Å². The Bertz CT molecular complexity index is 565. The number of aromatic carboxylic acids is 1. The number of sulfonamides is 1. The van der Waals surface area contributed by atoms with Gasteiger partial charge in [0.1, 0.15) is 4.90 Å². The van der Waals surface area contributed by atoms with Gasteiger partial charge in [-0.15, -0.1) is 0 Å². The Morgan fingerprint density at radius 3 is 2.58 bits per heavy atom. The minimum Gasteiger partial charge on any atom is -0.478 e. The summed E-state index contributed by atoms with van der Waals surface area (Å²) in [4.78, 5) is 14.4. The van der Waals surface area contributed by atoms with Crippen LogP contribution in [0.4, 0.5) is 0 Å². The molecule has 0 atom stereocenters. The molecule has 0 saturated heterocycles. The van der Waals surface area contributed by atoms with Crippen LogP contribution in [-0.2, 0) is 10.0 Å². The molecule has 1 aliphatic carbocycles. The maximum Gasteiger partial charge on any atom is 0.337 e. The summed E-state index contributed by atoms with van der Waals surface area (Å²) in [6.07, 6.45) is 7.10. The van der Waals surface area contributed by atoms with Crippen LogP contribution in [0.5, 0.6) is 0 Å². The van der Waals surface area contributed by atoms with Gasteiger partial charge in [-0.3, -0.25) is 4.98 Å². The lowest BCUT2D eigenvalue weighted by Gasteiger charge is -2.22. The molecular formula is C12H16N2O4S. The van der Waals surface area contributed by atoms with Crippen molar-refractivity contribution in [3.63, 3.8) is 0 Å². The van der Waals surface area contributed by atoms with E-state index in [1.807, 2.05) is 0 Å². The van der Waals surface area contributed by atoms with E-state index in [0.29, 0.717) is 0 Å². The van der Waals surface area contributed by atoms with Gasteiger partial charge in [0.15, 0.2) is 0 Å². The molecule has 1 aliphatic rings. The molecule has 1 heterocycles. The third-order valence-electron chi connectivity index (χ3n) is 3.20. The average molecular weight is 284 g/mol. The first-order chi connectivity index (χ1) is 8.99. The van der Waals surface area contributed by atoms with Crippen molar-refractivity contribution in [3.05, 3.63) is 24.0 Å². The van der Waals surface area contributed by atoms with Crippen molar-refractivity contribution < 1.29 is 18.3 Å². The number of nitrogens with one attached hydrogen (secondary N) is 1. The molecule has 0 amide bonds.